The second-order valence-electron chi connectivity index (χ2n) is 6.18. The Balaban J connectivity index is 1.84. The SMILES string of the molecule is COC(=O)[C@H](CSC(=O)C1CCCC1)NC(=O)C1CCCC1. The van der Waals surface area contributed by atoms with Crippen LogP contribution in [0.1, 0.15) is 51.4 Å². The van der Waals surface area contributed by atoms with E-state index in [4.69, 9.17) is 4.74 Å². The number of nitrogens with one attached hydrogen (secondary N) is 1. The van der Waals surface area contributed by atoms with Gasteiger partial charge in [0.25, 0.3) is 0 Å². The summed E-state index contributed by atoms with van der Waals surface area (Å²) in [6.45, 7) is 0. The molecule has 124 valence electrons. The van der Waals surface area contributed by atoms with Gasteiger partial charge in [-0.15, -0.1) is 0 Å². The van der Waals surface area contributed by atoms with Crippen LogP contribution in [0.15, 0.2) is 0 Å². The molecule has 0 aromatic heterocycles. The largest absolute Gasteiger partial charge is 0.467 e. The highest BCUT2D eigenvalue weighted by Crippen LogP contribution is 2.29. The summed E-state index contributed by atoms with van der Waals surface area (Å²) in [7, 11) is 1.31. The molecule has 2 rings (SSSR count). The van der Waals surface area contributed by atoms with Gasteiger partial charge in [-0.1, -0.05) is 37.4 Å². The van der Waals surface area contributed by atoms with Gasteiger partial charge in [0.15, 0.2) is 5.12 Å². The number of hydrogen-bond acceptors (Lipinski definition) is 5. The molecule has 1 atom stereocenters. The lowest BCUT2D eigenvalue weighted by atomic mass is 10.1. The predicted octanol–water partition coefficient (Wildman–Crippen LogP) is 2.28. The van der Waals surface area contributed by atoms with Crippen molar-refractivity contribution in [1.29, 1.82) is 0 Å². The van der Waals surface area contributed by atoms with E-state index in [2.05, 4.69) is 5.32 Å². The van der Waals surface area contributed by atoms with Crippen molar-refractivity contribution in [2.75, 3.05) is 12.9 Å². The third-order valence-corrected chi connectivity index (χ3v) is 5.73. The molecule has 1 N–H and O–H groups in total. The Morgan fingerprint density at radius 2 is 1.59 bits per heavy atom. The van der Waals surface area contributed by atoms with Crippen molar-refractivity contribution in [3.8, 4) is 0 Å². The van der Waals surface area contributed by atoms with Crippen molar-refractivity contribution in [3.63, 3.8) is 0 Å². The maximum Gasteiger partial charge on any atom is 0.329 e. The summed E-state index contributed by atoms with van der Waals surface area (Å²) in [6, 6.07) is -0.728. The molecule has 2 aliphatic carbocycles. The van der Waals surface area contributed by atoms with Gasteiger partial charge < -0.3 is 10.1 Å². The quantitative estimate of drug-likeness (QED) is 0.758. The first-order valence-corrected chi connectivity index (χ1v) is 9.15. The van der Waals surface area contributed by atoms with Gasteiger partial charge in [-0.05, 0) is 25.7 Å². The van der Waals surface area contributed by atoms with E-state index in [1.165, 1.54) is 7.11 Å². The highest BCUT2D eigenvalue weighted by Gasteiger charge is 2.30. The van der Waals surface area contributed by atoms with Crippen LogP contribution in [0.4, 0.5) is 0 Å². The average Bonchev–Trinajstić information content (AvgIpc) is 3.22. The molecule has 2 saturated carbocycles. The third-order valence-electron chi connectivity index (χ3n) is 4.61. The molecule has 0 saturated heterocycles. The van der Waals surface area contributed by atoms with Gasteiger partial charge in [-0.3, -0.25) is 9.59 Å². The van der Waals surface area contributed by atoms with Crippen LogP contribution >= 0.6 is 11.8 Å². The standard InChI is InChI=1S/C16H25NO4S/c1-21-15(19)13(17-14(18)11-6-2-3-7-11)10-22-16(20)12-8-4-5-9-12/h11-13H,2-10H2,1H3,(H,17,18)/t13-/m0/s1. The number of ether oxygens (including phenoxy) is 1. The van der Waals surface area contributed by atoms with E-state index in [1.807, 2.05) is 0 Å². The van der Waals surface area contributed by atoms with Crippen LogP contribution in [0.25, 0.3) is 0 Å². The Bertz CT molecular complexity index is 414. The zero-order valence-electron chi connectivity index (χ0n) is 13.1. The minimum absolute atomic E-state index is 0.00249. The zero-order chi connectivity index (χ0) is 15.9. The van der Waals surface area contributed by atoms with E-state index < -0.39 is 12.0 Å². The van der Waals surface area contributed by atoms with Crippen molar-refractivity contribution < 1.29 is 19.1 Å². The number of hydrogen-bond donors (Lipinski definition) is 1. The summed E-state index contributed by atoms with van der Waals surface area (Å²) in [4.78, 5) is 36.1. The zero-order valence-corrected chi connectivity index (χ0v) is 14.0. The number of carbonyl (C=O) groups excluding carboxylic acids is 3. The summed E-state index contributed by atoms with van der Waals surface area (Å²) < 4.78 is 4.76. The van der Waals surface area contributed by atoms with Crippen molar-refractivity contribution in [2.24, 2.45) is 11.8 Å². The molecule has 1 amide bonds. The first kappa shape index (κ1) is 17.3. The Labute approximate surface area is 135 Å². The maximum atomic E-state index is 12.2. The van der Waals surface area contributed by atoms with Crippen LogP contribution in [0, 0.1) is 11.8 Å². The first-order valence-electron chi connectivity index (χ1n) is 8.16. The predicted molar refractivity (Wildman–Crippen MR) is 85.3 cm³/mol. The van der Waals surface area contributed by atoms with Crippen LogP contribution in [-0.4, -0.2) is 35.9 Å². The monoisotopic (exact) mass is 327 g/mol. The fourth-order valence-electron chi connectivity index (χ4n) is 3.23. The van der Waals surface area contributed by atoms with E-state index in [9.17, 15) is 14.4 Å². The number of esters is 1. The van der Waals surface area contributed by atoms with E-state index in [-0.39, 0.29) is 28.6 Å². The summed E-state index contributed by atoms with van der Waals surface area (Å²) in [6.07, 6.45) is 8.01. The molecule has 6 heteroatoms. The molecule has 0 aromatic carbocycles. The molecule has 0 aromatic rings. The van der Waals surface area contributed by atoms with Crippen molar-refractivity contribution in [2.45, 2.75) is 57.4 Å². The number of rotatable bonds is 6. The molecule has 22 heavy (non-hydrogen) atoms. The second-order valence-corrected chi connectivity index (χ2v) is 7.20. The molecule has 0 bridgehead atoms. The van der Waals surface area contributed by atoms with Crippen molar-refractivity contribution in [1.82, 2.24) is 5.32 Å². The van der Waals surface area contributed by atoms with E-state index in [0.29, 0.717) is 0 Å². The number of methoxy groups -OCH3 is 1. The molecule has 0 spiro atoms. The lowest BCUT2D eigenvalue weighted by Gasteiger charge is -2.19. The highest BCUT2D eigenvalue weighted by molar-refractivity contribution is 8.13. The number of amides is 1. The summed E-state index contributed by atoms with van der Waals surface area (Å²) in [5, 5.41) is 2.91. The molecular weight excluding hydrogens is 302 g/mol. The van der Waals surface area contributed by atoms with Crippen LogP contribution in [0.5, 0.6) is 0 Å². The van der Waals surface area contributed by atoms with Crippen LogP contribution in [-0.2, 0) is 19.1 Å². The van der Waals surface area contributed by atoms with Crippen LogP contribution in [0.3, 0.4) is 0 Å². The van der Waals surface area contributed by atoms with Gasteiger partial charge >= 0.3 is 5.97 Å². The van der Waals surface area contributed by atoms with Crippen LogP contribution in [0.2, 0.25) is 0 Å². The van der Waals surface area contributed by atoms with Crippen molar-refractivity contribution in [3.05, 3.63) is 0 Å². The first-order chi connectivity index (χ1) is 10.6. The summed E-state index contributed by atoms with van der Waals surface area (Å²) in [5.41, 5.74) is 0. The Hall–Kier alpha value is -1.04. The smallest absolute Gasteiger partial charge is 0.329 e. The molecule has 0 heterocycles. The average molecular weight is 327 g/mol. The summed E-state index contributed by atoms with van der Waals surface area (Å²) >= 11 is 1.16. The van der Waals surface area contributed by atoms with E-state index in [1.54, 1.807) is 0 Å². The Kier molecular flexibility index (Phi) is 6.73. The van der Waals surface area contributed by atoms with Gasteiger partial charge in [-0.25, -0.2) is 4.79 Å². The van der Waals surface area contributed by atoms with Gasteiger partial charge in [0, 0.05) is 17.6 Å². The maximum absolute atomic E-state index is 12.2. The molecule has 5 nitrogen and oxygen atoms in total. The van der Waals surface area contributed by atoms with Gasteiger partial charge in [0.1, 0.15) is 6.04 Å². The highest BCUT2D eigenvalue weighted by atomic mass is 32.2. The normalized spacial score (nSPS) is 20.8. The summed E-state index contributed by atoms with van der Waals surface area (Å²) in [5.74, 6) is -0.170. The molecule has 2 aliphatic rings. The van der Waals surface area contributed by atoms with E-state index >= 15 is 0 Å². The fraction of sp³-hybridized carbons (Fsp3) is 0.812. The van der Waals surface area contributed by atoms with Gasteiger partial charge in [0.2, 0.25) is 5.91 Å². The molecule has 2 fully saturated rings. The van der Waals surface area contributed by atoms with E-state index in [0.717, 1.165) is 63.1 Å². The van der Waals surface area contributed by atoms with Crippen LogP contribution < -0.4 is 5.32 Å². The van der Waals surface area contributed by atoms with Gasteiger partial charge in [0.05, 0.1) is 7.11 Å². The molecule has 0 aliphatic heterocycles. The lowest BCUT2D eigenvalue weighted by Crippen LogP contribution is -2.45. The van der Waals surface area contributed by atoms with Gasteiger partial charge in [-0.2, -0.15) is 0 Å². The minimum Gasteiger partial charge on any atom is -0.467 e. The Morgan fingerprint density at radius 3 is 2.14 bits per heavy atom. The van der Waals surface area contributed by atoms with Crippen molar-refractivity contribution >= 4 is 28.8 Å². The second kappa shape index (κ2) is 8.56. The minimum atomic E-state index is -0.728. The molecule has 0 unspecified atom stereocenters. The Morgan fingerprint density at radius 1 is 1.05 bits per heavy atom. The molecular formula is C16H25NO4S. The number of thioether (sulfide) groups is 1. The lowest BCUT2D eigenvalue weighted by molar-refractivity contribution is -0.144. The molecule has 0 radical (unpaired) electrons. The fourth-order valence-corrected chi connectivity index (χ4v) is 4.26. The number of carbonyl (C=O) groups is 3. The topological polar surface area (TPSA) is 72.5 Å². The third kappa shape index (κ3) is 4.73.